The lowest BCUT2D eigenvalue weighted by molar-refractivity contribution is 1.30. The first-order chi connectivity index (χ1) is 25.3. The highest BCUT2D eigenvalue weighted by Gasteiger charge is 2.22. The molecule has 0 amide bonds. The van der Waals surface area contributed by atoms with E-state index in [1.54, 1.807) is 0 Å². The molecule has 0 fully saturated rings. The van der Waals surface area contributed by atoms with Crippen LogP contribution in [0.5, 0.6) is 0 Å². The third-order valence-corrected chi connectivity index (χ3v) is 9.87. The van der Waals surface area contributed by atoms with Gasteiger partial charge in [-0.3, -0.25) is 0 Å². The van der Waals surface area contributed by atoms with Gasteiger partial charge in [-0.25, -0.2) is 0 Å². The van der Waals surface area contributed by atoms with Crippen LogP contribution >= 0.6 is 0 Å². The Morgan fingerprint density at radius 3 is 1.47 bits per heavy atom. The van der Waals surface area contributed by atoms with Crippen molar-refractivity contribution in [3.8, 4) is 44.5 Å². The van der Waals surface area contributed by atoms with Crippen LogP contribution in [0.15, 0.2) is 212 Å². The maximum Gasteiger partial charge on any atom is 0.0546 e. The lowest BCUT2D eigenvalue weighted by Crippen LogP contribution is -2.12. The molecule has 0 heterocycles. The van der Waals surface area contributed by atoms with Crippen molar-refractivity contribution in [1.29, 1.82) is 0 Å². The monoisotopic (exact) mass is 649 g/mol. The molecule has 0 radical (unpaired) electrons. The van der Waals surface area contributed by atoms with E-state index in [1.165, 1.54) is 66.1 Å². The van der Waals surface area contributed by atoms with Crippen molar-refractivity contribution < 1.29 is 0 Å². The van der Waals surface area contributed by atoms with Gasteiger partial charge < -0.3 is 4.90 Å². The maximum atomic E-state index is 2.46. The Morgan fingerprint density at radius 1 is 0.255 bits per heavy atom. The number of anilines is 3. The molecule has 0 saturated carbocycles. The van der Waals surface area contributed by atoms with Crippen molar-refractivity contribution >= 4 is 38.6 Å². The highest BCUT2D eigenvalue weighted by molar-refractivity contribution is 6.15. The van der Waals surface area contributed by atoms with Crippen LogP contribution in [0.4, 0.5) is 17.1 Å². The Kier molecular flexibility index (Phi) is 7.92. The number of nitrogens with zero attached hydrogens (tertiary/aromatic N) is 1. The first-order valence-corrected chi connectivity index (χ1v) is 17.5. The molecule has 0 aliphatic rings. The molecule has 9 aromatic carbocycles. The minimum absolute atomic E-state index is 1.10. The standard InChI is InChI=1S/C50H35N/c1-4-16-36(17-5-1)38-28-31-42(32-29-38)51(50-35-41-22-10-11-23-43(41)44-24-12-13-26-47(44)50)49-27-15-14-25-46(49)45-33-30-40(37-18-6-2-7-19-37)34-48(45)39-20-8-3-9-21-39/h1-35H. The van der Waals surface area contributed by atoms with Crippen molar-refractivity contribution in [1.82, 2.24) is 0 Å². The summed E-state index contributed by atoms with van der Waals surface area (Å²) < 4.78 is 0. The summed E-state index contributed by atoms with van der Waals surface area (Å²) in [5.41, 5.74) is 12.9. The Morgan fingerprint density at radius 2 is 0.765 bits per heavy atom. The van der Waals surface area contributed by atoms with Crippen LogP contribution in [0.3, 0.4) is 0 Å². The molecule has 9 aromatic rings. The summed E-state index contributed by atoms with van der Waals surface area (Å²) in [6, 6.07) is 76.7. The molecule has 0 spiro atoms. The molecular weight excluding hydrogens is 615 g/mol. The normalized spacial score (nSPS) is 11.1. The van der Waals surface area contributed by atoms with Gasteiger partial charge in [-0.1, -0.05) is 182 Å². The first-order valence-electron chi connectivity index (χ1n) is 17.5. The summed E-state index contributed by atoms with van der Waals surface area (Å²) in [7, 11) is 0. The second kappa shape index (κ2) is 13.3. The molecule has 0 aliphatic heterocycles. The fraction of sp³-hybridized carbons (Fsp3) is 0. The molecule has 0 aliphatic carbocycles. The molecular formula is C50H35N. The van der Waals surface area contributed by atoms with Crippen LogP contribution in [-0.4, -0.2) is 0 Å². The lowest BCUT2D eigenvalue weighted by Gasteiger charge is -2.30. The van der Waals surface area contributed by atoms with Crippen molar-refractivity contribution in [3.63, 3.8) is 0 Å². The van der Waals surface area contributed by atoms with Gasteiger partial charge in [0.15, 0.2) is 0 Å². The van der Waals surface area contributed by atoms with Gasteiger partial charge in [0.1, 0.15) is 0 Å². The van der Waals surface area contributed by atoms with Crippen LogP contribution < -0.4 is 4.90 Å². The topological polar surface area (TPSA) is 3.24 Å². The van der Waals surface area contributed by atoms with Crippen LogP contribution in [0.25, 0.3) is 66.1 Å². The molecule has 0 N–H and O–H groups in total. The summed E-state index contributed by atoms with van der Waals surface area (Å²) in [5.74, 6) is 0. The Labute approximate surface area is 299 Å². The van der Waals surface area contributed by atoms with Crippen molar-refractivity contribution in [2.75, 3.05) is 4.90 Å². The van der Waals surface area contributed by atoms with Gasteiger partial charge in [-0.2, -0.15) is 0 Å². The fourth-order valence-corrected chi connectivity index (χ4v) is 7.40. The third kappa shape index (κ3) is 5.75. The van der Waals surface area contributed by atoms with E-state index in [-0.39, 0.29) is 0 Å². The molecule has 0 atom stereocenters. The van der Waals surface area contributed by atoms with E-state index in [0.29, 0.717) is 0 Å². The van der Waals surface area contributed by atoms with Crippen LogP contribution in [0.1, 0.15) is 0 Å². The van der Waals surface area contributed by atoms with Crippen molar-refractivity contribution in [3.05, 3.63) is 212 Å². The number of benzene rings is 9. The van der Waals surface area contributed by atoms with Crippen LogP contribution in [0.2, 0.25) is 0 Å². The van der Waals surface area contributed by atoms with E-state index < -0.39 is 0 Å². The quantitative estimate of drug-likeness (QED) is 0.155. The Balaban J connectivity index is 1.30. The van der Waals surface area contributed by atoms with Crippen molar-refractivity contribution in [2.24, 2.45) is 0 Å². The molecule has 0 aromatic heterocycles. The number of fused-ring (bicyclic) bond motifs is 3. The van der Waals surface area contributed by atoms with E-state index in [9.17, 15) is 0 Å². The molecule has 0 saturated heterocycles. The predicted molar refractivity (Wildman–Crippen MR) is 218 cm³/mol. The van der Waals surface area contributed by atoms with Crippen LogP contribution in [0, 0.1) is 0 Å². The summed E-state index contributed by atoms with van der Waals surface area (Å²) in [5, 5.41) is 4.92. The number of hydrogen-bond donors (Lipinski definition) is 0. The zero-order valence-corrected chi connectivity index (χ0v) is 28.2. The highest BCUT2D eigenvalue weighted by Crippen LogP contribution is 2.47. The number of hydrogen-bond acceptors (Lipinski definition) is 1. The van der Waals surface area contributed by atoms with E-state index >= 15 is 0 Å². The molecule has 51 heavy (non-hydrogen) atoms. The smallest absolute Gasteiger partial charge is 0.0546 e. The Hall–Kier alpha value is -6.70. The van der Waals surface area contributed by atoms with Gasteiger partial charge in [-0.05, 0) is 85.4 Å². The van der Waals surface area contributed by atoms with E-state index in [4.69, 9.17) is 0 Å². The summed E-state index contributed by atoms with van der Waals surface area (Å²) in [6.07, 6.45) is 0. The maximum absolute atomic E-state index is 2.46. The van der Waals surface area contributed by atoms with Crippen LogP contribution in [-0.2, 0) is 0 Å². The molecule has 1 nitrogen and oxygen atoms in total. The summed E-state index contributed by atoms with van der Waals surface area (Å²) >= 11 is 0. The third-order valence-electron chi connectivity index (χ3n) is 9.87. The van der Waals surface area contributed by atoms with Gasteiger partial charge in [-0.15, -0.1) is 0 Å². The largest absolute Gasteiger partial charge is 0.309 e. The van der Waals surface area contributed by atoms with Gasteiger partial charge in [0.2, 0.25) is 0 Å². The van der Waals surface area contributed by atoms with E-state index in [2.05, 4.69) is 217 Å². The average Bonchev–Trinajstić information content (AvgIpc) is 3.22. The van der Waals surface area contributed by atoms with E-state index in [1.807, 2.05) is 0 Å². The first kappa shape index (κ1) is 30.4. The Bertz CT molecular complexity index is 2610. The van der Waals surface area contributed by atoms with Crippen molar-refractivity contribution in [2.45, 2.75) is 0 Å². The molecule has 0 unspecified atom stereocenters. The minimum atomic E-state index is 1.10. The molecule has 1 heteroatoms. The summed E-state index contributed by atoms with van der Waals surface area (Å²) in [4.78, 5) is 2.46. The highest BCUT2D eigenvalue weighted by atomic mass is 15.1. The van der Waals surface area contributed by atoms with Gasteiger partial charge in [0.05, 0.1) is 11.4 Å². The summed E-state index contributed by atoms with van der Waals surface area (Å²) in [6.45, 7) is 0. The second-order valence-electron chi connectivity index (χ2n) is 12.9. The average molecular weight is 650 g/mol. The zero-order chi connectivity index (χ0) is 34.0. The molecule has 240 valence electrons. The van der Waals surface area contributed by atoms with E-state index in [0.717, 1.165) is 17.1 Å². The zero-order valence-electron chi connectivity index (χ0n) is 28.2. The number of rotatable bonds is 7. The number of para-hydroxylation sites is 1. The fourth-order valence-electron chi connectivity index (χ4n) is 7.40. The lowest BCUT2D eigenvalue weighted by atomic mass is 9.89. The molecule has 0 bridgehead atoms. The second-order valence-corrected chi connectivity index (χ2v) is 12.9. The predicted octanol–water partition coefficient (Wildman–Crippen LogP) is 14.1. The van der Waals surface area contributed by atoms with Gasteiger partial charge >= 0.3 is 0 Å². The minimum Gasteiger partial charge on any atom is -0.309 e. The SMILES string of the molecule is c1ccc(-c2ccc(N(c3ccccc3-c3ccc(-c4ccccc4)cc3-c3ccccc3)c3cc4ccccc4c4ccccc34)cc2)cc1. The van der Waals surface area contributed by atoms with Gasteiger partial charge in [0, 0.05) is 16.6 Å². The van der Waals surface area contributed by atoms with Gasteiger partial charge in [0.25, 0.3) is 0 Å². The molecule has 9 rings (SSSR count).